The van der Waals surface area contributed by atoms with Gasteiger partial charge in [0, 0.05) is 6.54 Å². The number of methoxy groups -OCH3 is 1. The summed E-state index contributed by atoms with van der Waals surface area (Å²) in [6.07, 6.45) is -0.834. The summed E-state index contributed by atoms with van der Waals surface area (Å²) in [6.45, 7) is 0.299. The van der Waals surface area contributed by atoms with Crippen molar-refractivity contribution < 1.29 is 19.3 Å². The van der Waals surface area contributed by atoms with Crippen molar-refractivity contribution in [3.63, 3.8) is 0 Å². The van der Waals surface area contributed by atoms with Crippen molar-refractivity contribution in [3.05, 3.63) is 23.5 Å². The van der Waals surface area contributed by atoms with Gasteiger partial charge in [-0.15, -0.1) is 0 Å². The first-order chi connectivity index (χ1) is 7.10. The van der Waals surface area contributed by atoms with E-state index in [4.69, 9.17) is 4.74 Å². The number of benzene rings is 1. The predicted octanol–water partition coefficient (Wildman–Crippen LogP) is 0.793. The molecular weight excluding hydrogens is 201 g/mol. The molecule has 84 valence electrons. The molecule has 0 saturated heterocycles. The molecule has 0 fully saturated rings. The van der Waals surface area contributed by atoms with E-state index >= 15 is 0 Å². The Kier molecular flexibility index (Phi) is 3.88. The topological polar surface area (TPSA) is 61.7 Å². The number of hydrogen-bond donors (Lipinski definition) is 3. The molecule has 0 radical (unpaired) electrons. The predicted molar refractivity (Wildman–Crippen MR) is 53.5 cm³/mol. The lowest BCUT2D eigenvalue weighted by Crippen LogP contribution is -2.16. The Hall–Kier alpha value is -1.33. The Bertz CT molecular complexity index is 344. The van der Waals surface area contributed by atoms with E-state index in [1.165, 1.54) is 13.2 Å². The van der Waals surface area contributed by atoms with Crippen LogP contribution < -0.4 is 10.1 Å². The molecule has 0 aliphatic carbocycles. The normalized spacial score (nSPS) is 12.5. The summed E-state index contributed by atoms with van der Waals surface area (Å²) in [5.41, 5.74) is 0.358. The molecule has 0 saturated carbocycles. The van der Waals surface area contributed by atoms with E-state index in [9.17, 15) is 14.6 Å². The maximum Gasteiger partial charge on any atom is 0.194 e. The van der Waals surface area contributed by atoms with E-state index in [2.05, 4.69) is 5.32 Å². The zero-order chi connectivity index (χ0) is 11.4. The highest BCUT2D eigenvalue weighted by Crippen LogP contribution is 2.32. The summed E-state index contributed by atoms with van der Waals surface area (Å²) in [6, 6.07) is 2.49. The average molecular weight is 215 g/mol. The van der Waals surface area contributed by atoms with E-state index in [-0.39, 0.29) is 5.75 Å². The number of likely N-dealkylation sites (N-methyl/N-ethyl adjacent to an activating group) is 1. The fourth-order valence-corrected chi connectivity index (χ4v) is 1.25. The molecular formula is C10H14FNO3. The van der Waals surface area contributed by atoms with Gasteiger partial charge in [-0.2, -0.15) is 0 Å². The molecule has 1 unspecified atom stereocenters. The van der Waals surface area contributed by atoms with Crippen LogP contribution in [0.4, 0.5) is 4.39 Å². The van der Waals surface area contributed by atoms with E-state index < -0.39 is 17.7 Å². The highest BCUT2D eigenvalue weighted by atomic mass is 19.1. The lowest BCUT2D eigenvalue weighted by Gasteiger charge is -2.12. The Morgan fingerprint density at radius 2 is 2.20 bits per heavy atom. The number of aliphatic hydroxyl groups excluding tert-OH is 1. The first-order valence-corrected chi connectivity index (χ1v) is 4.49. The zero-order valence-electron chi connectivity index (χ0n) is 8.62. The van der Waals surface area contributed by atoms with Crippen LogP contribution in [0.25, 0.3) is 0 Å². The van der Waals surface area contributed by atoms with Crippen LogP contribution in [-0.4, -0.2) is 30.9 Å². The number of rotatable bonds is 4. The van der Waals surface area contributed by atoms with Gasteiger partial charge in [-0.1, -0.05) is 0 Å². The number of halogens is 1. The highest BCUT2D eigenvalue weighted by Gasteiger charge is 2.14. The van der Waals surface area contributed by atoms with E-state index in [0.717, 1.165) is 6.07 Å². The van der Waals surface area contributed by atoms with Gasteiger partial charge in [0.25, 0.3) is 0 Å². The minimum absolute atomic E-state index is 0.0140. The molecule has 5 heteroatoms. The maximum absolute atomic E-state index is 13.2. The van der Waals surface area contributed by atoms with Crippen molar-refractivity contribution >= 4 is 0 Å². The summed E-state index contributed by atoms with van der Waals surface area (Å²) in [4.78, 5) is 0. The van der Waals surface area contributed by atoms with Crippen molar-refractivity contribution in [2.75, 3.05) is 20.7 Å². The third-order valence-electron chi connectivity index (χ3n) is 2.05. The third kappa shape index (κ3) is 2.57. The van der Waals surface area contributed by atoms with Crippen LogP contribution >= 0.6 is 0 Å². The Balaban J connectivity index is 3.05. The van der Waals surface area contributed by atoms with Crippen LogP contribution in [0.5, 0.6) is 11.5 Å². The lowest BCUT2D eigenvalue weighted by atomic mass is 10.1. The van der Waals surface area contributed by atoms with Crippen LogP contribution in [0, 0.1) is 5.82 Å². The smallest absolute Gasteiger partial charge is 0.194 e. The van der Waals surface area contributed by atoms with Crippen LogP contribution in [0.2, 0.25) is 0 Å². The summed E-state index contributed by atoms with van der Waals surface area (Å²) in [5, 5.41) is 21.6. The minimum Gasteiger partial charge on any atom is -0.502 e. The number of aliphatic hydroxyl groups is 1. The van der Waals surface area contributed by atoms with Crippen LogP contribution in [0.15, 0.2) is 12.1 Å². The van der Waals surface area contributed by atoms with Gasteiger partial charge in [-0.25, -0.2) is 4.39 Å². The van der Waals surface area contributed by atoms with Gasteiger partial charge in [0.2, 0.25) is 0 Å². The molecule has 4 nitrogen and oxygen atoms in total. The molecule has 1 atom stereocenters. The molecule has 0 heterocycles. The lowest BCUT2D eigenvalue weighted by molar-refractivity contribution is 0.176. The molecule has 1 aromatic carbocycles. The molecule has 15 heavy (non-hydrogen) atoms. The second-order valence-electron chi connectivity index (χ2n) is 3.13. The Labute approximate surface area is 87.3 Å². The average Bonchev–Trinajstić information content (AvgIpc) is 2.22. The number of aromatic hydroxyl groups is 1. The van der Waals surface area contributed by atoms with Gasteiger partial charge < -0.3 is 20.3 Å². The standard InChI is InChI=1S/C10H14FNO3/c1-12-5-8(13)6-3-7(11)10(14)9(4-6)15-2/h3-4,8,12-14H,5H2,1-2H3. The molecule has 0 aliphatic rings. The number of ether oxygens (including phenoxy) is 1. The number of hydrogen-bond acceptors (Lipinski definition) is 4. The summed E-state index contributed by atoms with van der Waals surface area (Å²) in [7, 11) is 3.00. The van der Waals surface area contributed by atoms with Crippen molar-refractivity contribution in [2.45, 2.75) is 6.10 Å². The van der Waals surface area contributed by atoms with Gasteiger partial charge in [-0.3, -0.25) is 0 Å². The van der Waals surface area contributed by atoms with E-state index in [1.54, 1.807) is 7.05 Å². The Morgan fingerprint density at radius 3 is 2.73 bits per heavy atom. The molecule has 0 amide bonds. The third-order valence-corrected chi connectivity index (χ3v) is 2.05. The van der Waals surface area contributed by atoms with Crippen molar-refractivity contribution in [3.8, 4) is 11.5 Å². The van der Waals surface area contributed by atoms with E-state index in [1.807, 2.05) is 0 Å². The minimum atomic E-state index is -0.834. The summed E-state index contributed by atoms with van der Waals surface area (Å²) >= 11 is 0. The van der Waals surface area contributed by atoms with Gasteiger partial charge in [0.1, 0.15) is 0 Å². The maximum atomic E-state index is 13.2. The largest absolute Gasteiger partial charge is 0.502 e. The fraction of sp³-hybridized carbons (Fsp3) is 0.400. The first kappa shape index (κ1) is 11.7. The Morgan fingerprint density at radius 1 is 1.53 bits per heavy atom. The van der Waals surface area contributed by atoms with E-state index in [0.29, 0.717) is 12.1 Å². The summed E-state index contributed by atoms with van der Waals surface area (Å²) in [5.74, 6) is -1.34. The summed E-state index contributed by atoms with van der Waals surface area (Å²) < 4.78 is 17.9. The van der Waals surface area contributed by atoms with Crippen molar-refractivity contribution in [2.24, 2.45) is 0 Å². The molecule has 3 N–H and O–H groups in total. The second-order valence-corrected chi connectivity index (χ2v) is 3.13. The number of phenols is 1. The molecule has 0 spiro atoms. The fourth-order valence-electron chi connectivity index (χ4n) is 1.25. The number of phenolic OH excluding ortho intramolecular Hbond substituents is 1. The van der Waals surface area contributed by atoms with Gasteiger partial charge in [-0.05, 0) is 24.7 Å². The highest BCUT2D eigenvalue weighted by molar-refractivity contribution is 5.43. The number of nitrogens with one attached hydrogen (secondary N) is 1. The quantitative estimate of drug-likeness (QED) is 0.695. The monoisotopic (exact) mass is 215 g/mol. The SMILES string of the molecule is CNCC(O)c1cc(F)c(O)c(OC)c1. The van der Waals surface area contributed by atoms with Crippen LogP contribution in [0.1, 0.15) is 11.7 Å². The van der Waals surface area contributed by atoms with Crippen LogP contribution in [0.3, 0.4) is 0 Å². The first-order valence-electron chi connectivity index (χ1n) is 4.49. The van der Waals surface area contributed by atoms with Gasteiger partial charge in [0.05, 0.1) is 13.2 Å². The molecule has 0 bridgehead atoms. The molecule has 1 rings (SSSR count). The molecule has 0 aliphatic heterocycles. The van der Waals surface area contributed by atoms with Gasteiger partial charge >= 0.3 is 0 Å². The van der Waals surface area contributed by atoms with Crippen molar-refractivity contribution in [1.29, 1.82) is 0 Å². The second kappa shape index (κ2) is 4.95. The molecule has 1 aromatic rings. The molecule has 0 aromatic heterocycles. The van der Waals surface area contributed by atoms with Gasteiger partial charge in [0.15, 0.2) is 17.3 Å². The van der Waals surface area contributed by atoms with Crippen LogP contribution in [-0.2, 0) is 0 Å². The zero-order valence-corrected chi connectivity index (χ0v) is 8.62. The van der Waals surface area contributed by atoms with Crippen molar-refractivity contribution in [1.82, 2.24) is 5.32 Å².